The molecule has 1 heterocycles. The number of aromatic nitrogens is 2. The predicted octanol–water partition coefficient (Wildman–Crippen LogP) is 4.69. The van der Waals surface area contributed by atoms with Gasteiger partial charge in [0.15, 0.2) is 11.6 Å². The minimum Gasteiger partial charge on any atom is -0.369 e. The quantitative estimate of drug-likeness (QED) is 0.406. The normalized spacial score (nSPS) is 13.5. The van der Waals surface area contributed by atoms with Gasteiger partial charge in [-0.1, -0.05) is 36.4 Å². The van der Waals surface area contributed by atoms with E-state index in [1.807, 2.05) is 12.1 Å². The molecule has 4 rings (SSSR count). The van der Waals surface area contributed by atoms with Crippen LogP contribution in [0.1, 0.15) is 35.1 Å². The lowest BCUT2D eigenvalue weighted by Gasteiger charge is -2.25. The zero-order chi connectivity index (χ0) is 25.0. The highest BCUT2D eigenvalue weighted by molar-refractivity contribution is 5.76. The summed E-state index contributed by atoms with van der Waals surface area (Å²) in [6.45, 7) is 1.07. The number of anilines is 2. The second-order valence-electron chi connectivity index (χ2n) is 8.69. The highest BCUT2D eigenvalue weighted by Crippen LogP contribution is 2.34. The van der Waals surface area contributed by atoms with Crippen LogP contribution in [-0.2, 0) is 30.5 Å². The number of hydrogen-bond donors (Lipinski definition) is 2. The molecule has 1 fully saturated rings. The van der Waals surface area contributed by atoms with Crippen molar-refractivity contribution in [2.45, 2.75) is 38.5 Å². The first-order chi connectivity index (χ1) is 16.7. The van der Waals surface area contributed by atoms with Crippen molar-refractivity contribution in [1.82, 2.24) is 9.97 Å². The highest BCUT2D eigenvalue weighted by Gasteiger charge is 2.31. The number of benzene rings is 2. The summed E-state index contributed by atoms with van der Waals surface area (Å²) in [5.74, 6) is -0.506. The second-order valence-corrected chi connectivity index (χ2v) is 8.69. The van der Waals surface area contributed by atoms with Crippen molar-refractivity contribution in [3.05, 3.63) is 82.9 Å². The maximum absolute atomic E-state index is 15.4. The Kier molecular flexibility index (Phi) is 7.18. The lowest BCUT2D eigenvalue weighted by Crippen LogP contribution is -2.27. The molecule has 0 spiro atoms. The third-order valence-electron chi connectivity index (χ3n) is 5.76. The standard InChI is InChI=1S/C25H25F4N5O/c26-22-23(31-12-17-3-1-16(2-4-17)11-21(30)35)32-15-33-24(22)34(13-18-5-6-18)14-19-7-9-20(10-8-19)25(27,28)29/h1-4,7-10,15,18H,5-6,11-14H2,(H2,30,35)(H,31,32,33). The van der Waals surface area contributed by atoms with Crippen molar-refractivity contribution in [3.63, 3.8) is 0 Å². The second kappa shape index (κ2) is 10.3. The van der Waals surface area contributed by atoms with Crippen LogP contribution in [0.15, 0.2) is 54.9 Å². The zero-order valence-electron chi connectivity index (χ0n) is 18.9. The Hall–Kier alpha value is -3.69. The van der Waals surface area contributed by atoms with E-state index in [1.165, 1.54) is 18.5 Å². The number of primary amides is 1. The van der Waals surface area contributed by atoms with Gasteiger partial charge in [-0.3, -0.25) is 4.79 Å². The fraction of sp³-hybridized carbons (Fsp3) is 0.320. The van der Waals surface area contributed by atoms with Crippen LogP contribution in [0.3, 0.4) is 0 Å². The summed E-state index contributed by atoms with van der Waals surface area (Å²) in [7, 11) is 0. The summed E-state index contributed by atoms with van der Waals surface area (Å²) >= 11 is 0. The Bertz CT molecular complexity index is 1160. The van der Waals surface area contributed by atoms with Gasteiger partial charge in [0.2, 0.25) is 11.7 Å². The average molecular weight is 488 g/mol. The van der Waals surface area contributed by atoms with Gasteiger partial charge in [0.25, 0.3) is 0 Å². The summed E-state index contributed by atoms with van der Waals surface area (Å²) in [5.41, 5.74) is 6.75. The third-order valence-corrected chi connectivity index (χ3v) is 5.76. The summed E-state index contributed by atoms with van der Waals surface area (Å²) < 4.78 is 54.1. The Labute approximate surface area is 200 Å². The largest absolute Gasteiger partial charge is 0.416 e. The summed E-state index contributed by atoms with van der Waals surface area (Å²) in [5, 5.41) is 2.97. The van der Waals surface area contributed by atoms with Crippen LogP contribution in [0.4, 0.5) is 29.2 Å². The first-order valence-electron chi connectivity index (χ1n) is 11.2. The molecule has 1 amide bonds. The van der Waals surface area contributed by atoms with Crippen LogP contribution in [0.2, 0.25) is 0 Å². The van der Waals surface area contributed by atoms with Gasteiger partial charge in [-0.2, -0.15) is 17.6 Å². The third kappa shape index (κ3) is 6.68. The van der Waals surface area contributed by atoms with Gasteiger partial charge in [0.05, 0.1) is 12.0 Å². The van der Waals surface area contributed by atoms with Crippen molar-refractivity contribution in [3.8, 4) is 0 Å². The summed E-state index contributed by atoms with van der Waals surface area (Å²) in [4.78, 5) is 21.0. The monoisotopic (exact) mass is 487 g/mol. The van der Waals surface area contributed by atoms with E-state index in [0.29, 0.717) is 24.6 Å². The highest BCUT2D eigenvalue weighted by atomic mass is 19.4. The Morgan fingerprint density at radius 3 is 2.23 bits per heavy atom. The van der Waals surface area contributed by atoms with E-state index in [9.17, 15) is 18.0 Å². The maximum atomic E-state index is 15.4. The minimum absolute atomic E-state index is 0.0319. The van der Waals surface area contributed by atoms with E-state index in [1.54, 1.807) is 17.0 Å². The fourth-order valence-corrected chi connectivity index (χ4v) is 3.72. The number of amides is 1. The number of carbonyl (C=O) groups excluding carboxylic acids is 1. The van der Waals surface area contributed by atoms with Crippen LogP contribution in [0.5, 0.6) is 0 Å². The smallest absolute Gasteiger partial charge is 0.369 e. The van der Waals surface area contributed by atoms with Crippen LogP contribution in [-0.4, -0.2) is 22.4 Å². The van der Waals surface area contributed by atoms with Gasteiger partial charge in [-0.05, 0) is 47.6 Å². The minimum atomic E-state index is -4.41. The van der Waals surface area contributed by atoms with E-state index in [0.717, 1.165) is 36.1 Å². The van der Waals surface area contributed by atoms with Gasteiger partial charge in [0, 0.05) is 19.6 Å². The number of rotatable bonds is 10. The molecule has 2 aromatic carbocycles. The average Bonchev–Trinajstić information content (AvgIpc) is 3.62. The number of nitrogens with zero attached hydrogens (tertiary/aromatic N) is 3. The Balaban J connectivity index is 1.48. The predicted molar refractivity (Wildman–Crippen MR) is 124 cm³/mol. The molecule has 184 valence electrons. The van der Waals surface area contributed by atoms with Crippen molar-refractivity contribution < 1.29 is 22.4 Å². The lowest BCUT2D eigenvalue weighted by molar-refractivity contribution is -0.137. The number of hydrogen-bond acceptors (Lipinski definition) is 5. The summed E-state index contributed by atoms with van der Waals surface area (Å²) in [6, 6.07) is 12.1. The van der Waals surface area contributed by atoms with Gasteiger partial charge in [-0.15, -0.1) is 0 Å². The van der Waals surface area contributed by atoms with Crippen LogP contribution < -0.4 is 16.0 Å². The fourth-order valence-electron chi connectivity index (χ4n) is 3.72. The van der Waals surface area contributed by atoms with Crippen LogP contribution >= 0.6 is 0 Å². The first kappa shape index (κ1) is 24.4. The molecule has 3 aromatic rings. The number of alkyl halides is 3. The Morgan fingerprint density at radius 2 is 1.63 bits per heavy atom. The molecular weight excluding hydrogens is 462 g/mol. The molecule has 1 saturated carbocycles. The van der Waals surface area contributed by atoms with Crippen molar-refractivity contribution in [2.75, 3.05) is 16.8 Å². The molecule has 3 N–H and O–H groups in total. The molecule has 1 aliphatic rings. The molecule has 10 heteroatoms. The number of nitrogens with two attached hydrogens (primary N) is 1. The first-order valence-corrected chi connectivity index (χ1v) is 11.2. The zero-order valence-corrected chi connectivity index (χ0v) is 18.9. The van der Waals surface area contributed by atoms with E-state index in [4.69, 9.17) is 5.73 Å². The molecular formula is C25H25F4N5O. The van der Waals surface area contributed by atoms with E-state index < -0.39 is 23.5 Å². The molecule has 0 bridgehead atoms. The topological polar surface area (TPSA) is 84.1 Å². The molecule has 1 aromatic heterocycles. The van der Waals surface area contributed by atoms with Crippen molar-refractivity contribution >= 4 is 17.5 Å². The van der Waals surface area contributed by atoms with E-state index >= 15 is 4.39 Å². The molecule has 6 nitrogen and oxygen atoms in total. The molecule has 0 unspecified atom stereocenters. The van der Waals surface area contributed by atoms with Crippen molar-refractivity contribution in [1.29, 1.82) is 0 Å². The van der Waals surface area contributed by atoms with Gasteiger partial charge in [-0.25, -0.2) is 9.97 Å². The molecule has 0 aliphatic heterocycles. The number of nitrogens with one attached hydrogen (secondary N) is 1. The SMILES string of the molecule is NC(=O)Cc1ccc(CNc2ncnc(N(Cc3ccc(C(F)(F)F)cc3)CC3CC3)c2F)cc1. The van der Waals surface area contributed by atoms with E-state index in [2.05, 4.69) is 15.3 Å². The van der Waals surface area contributed by atoms with Gasteiger partial charge in [0.1, 0.15) is 6.33 Å². The van der Waals surface area contributed by atoms with E-state index in [-0.39, 0.29) is 24.6 Å². The molecule has 0 atom stereocenters. The van der Waals surface area contributed by atoms with Gasteiger partial charge >= 0.3 is 6.18 Å². The molecule has 0 radical (unpaired) electrons. The Morgan fingerprint density at radius 1 is 1.00 bits per heavy atom. The van der Waals surface area contributed by atoms with Gasteiger partial charge < -0.3 is 16.0 Å². The molecule has 0 saturated heterocycles. The number of carbonyl (C=O) groups is 1. The van der Waals surface area contributed by atoms with Crippen LogP contribution in [0.25, 0.3) is 0 Å². The number of halogens is 4. The van der Waals surface area contributed by atoms with Crippen LogP contribution in [0, 0.1) is 11.7 Å². The lowest BCUT2D eigenvalue weighted by atomic mass is 10.1. The van der Waals surface area contributed by atoms with Crippen molar-refractivity contribution in [2.24, 2.45) is 11.7 Å². The maximum Gasteiger partial charge on any atom is 0.416 e. The molecule has 1 aliphatic carbocycles. The molecule has 35 heavy (non-hydrogen) atoms. The summed E-state index contributed by atoms with van der Waals surface area (Å²) in [6.07, 6.45) is -0.954.